The standard InChI is InChI=1S/C7HF6N3O5/c8-6(9,10)1-2(7(11,12)13)4(16(20)21)14-5(17)3(1)15(18)19/h(H,14,17). The van der Waals surface area contributed by atoms with Gasteiger partial charge < -0.3 is 10.1 Å². The Morgan fingerprint density at radius 1 is 0.857 bits per heavy atom. The Kier molecular flexibility index (Phi) is 3.67. The third-order valence-corrected chi connectivity index (χ3v) is 2.10. The molecule has 0 saturated carbocycles. The number of pyridine rings is 1. The molecule has 1 rings (SSSR count). The van der Waals surface area contributed by atoms with Gasteiger partial charge in [-0.25, -0.2) is 4.79 Å². The van der Waals surface area contributed by atoms with E-state index in [1.165, 1.54) is 0 Å². The molecule has 1 aromatic heterocycles. The zero-order valence-corrected chi connectivity index (χ0v) is 9.20. The predicted molar refractivity (Wildman–Crippen MR) is 50.4 cm³/mol. The Balaban J connectivity index is 4.15. The van der Waals surface area contributed by atoms with Gasteiger partial charge in [-0.15, -0.1) is 0 Å². The number of nitrogens with zero attached hydrogens (tertiary/aromatic N) is 2. The van der Waals surface area contributed by atoms with Crippen molar-refractivity contribution in [2.24, 2.45) is 0 Å². The molecule has 0 radical (unpaired) electrons. The summed E-state index contributed by atoms with van der Waals surface area (Å²) in [6.07, 6.45) is -12.0. The number of hydrogen-bond donors (Lipinski definition) is 1. The van der Waals surface area contributed by atoms with E-state index in [0.717, 1.165) is 4.98 Å². The van der Waals surface area contributed by atoms with E-state index >= 15 is 0 Å². The average molecular weight is 321 g/mol. The summed E-state index contributed by atoms with van der Waals surface area (Å²) >= 11 is 0. The zero-order chi connectivity index (χ0) is 16.7. The molecule has 1 heterocycles. The second kappa shape index (κ2) is 4.71. The highest BCUT2D eigenvalue weighted by Gasteiger charge is 2.54. The molecule has 0 amide bonds. The Labute approximate surface area is 108 Å². The fourth-order valence-corrected chi connectivity index (χ4v) is 1.44. The molecule has 0 aromatic carbocycles. The highest BCUT2D eigenvalue weighted by molar-refractivity contribution is 5.53. The van der Waals surface area contributed by atoms with Crippen molar-refractivity contribution in [3.8, 4) is 0 Å². The van der Waals surface area contributed by atoms with E-state index in [1.807, 2.05) is 0 Å². The van der Waals surface area contributed by atoms with Crippen molar-refractivity contribution in [3.63, 3.8) is 0 Å². The van der Waals surface area contributed by atoms with Crippen molar-refractivity contribution in [1.82, 2.24) is 4.98 Å². The minimum Gasteiger partial charge on any atom is -0.358 e. The van der Waals surface area contributed by atoms with Crippen LogP contribution >= 0.6 is 0 Å². The Bertz CT molecular complexity index is 675. The molecular weight excluding hydrogens is 320 g/mol. The number of alkyl halides is 6. The molecule has 21 heavy (non-hydrogen) atoms. The van der Waals surface area contributed by atoms with Crippen LogP contribution in [0.1, 0.15) is 11.1 Å². The molecule has 0 aliphatic carbocycles. The number of aromatic nitrogens is 1. The summed E-state index contributed by atoms with van der Waals surface area (Å²) in [7, 11) is 0. The molecule has 0 spiro atoms. The Hall–Kier alpha value is -2.67. The van der Waals surface area contributed by atoms with Crippen molar-refractivity contribution in [2.75, 3.05) is 0 Å². The van der Waals surface area contributed by atoms with Crippen LogP contribution in [0.25, 0.3) is 0 Å². The van der Waals surface area contributed by atoms with E-state index in [1.54, 1.807) is 0 Å². The summed E-state index contributed by atoms with van der Waals surface area (Å²) in [5, 5.41) is 20.8. The summed E-state index contributed by atoms with van der Waals surface area (Å²) in [5.74, 6) is -2.33. The minimum atomic E-state index is -6.01. The average Bonchev–Trinajstić information content (AvgIpc) is 2.23. The lowest BCUT2D eigenvalue weighted by molar-refractivity contribution is -0.399. The van der Waals surface area contributed by atoms with Crippen LogP contribution in [0.2, 0.25) is 0 Å². The molecule has 116 valence electrons. The van der Waals surface area contributed by atoms with Gasteiger partial charge in [0.2, 0.25) is 0 Å². The van der Waals surface area contributed by atoms with E-state index in [0.29, 0.717) is 0 Å². The first-order chi connectivity index (χ1) is 9.28. The highest BCUT2D eigenvalue weighted by atomic mass is 19.4. The summed E-state index contributed by atoms with van der Waals surface area (Å²) in [5.41, 5.74) is -10.7. The second-order valence-corrected chi connectivity index (χ2v) is 3.41. The minimum absolute atomic E-state index is 0.828. The molecule has 8 nitrogen and oxygen atoms in total. The fraction of sp³-hybridized carbons (Fsp3) is 0.286. The number of H-pyrrole nitrogens is 1. The van der Waals surface area contributed by atoms with Crippen LogP contribution in [0.5, 0.6) is 0 Å². The van der Waals surface area contributed by atoms with Gasteiger partial charge in [-0.2, -0.15) is 31.3 Å². The number of halogens is 6. The van der Waals surface area contributed by atoms with E-state index in [-0.39, 0.29) is 0 Å². The predicted octanol–water partition coefficient (Wildman–Crippen LogP) is 2.23. The van der Waals surface area contributed by atoms with Gasteiger partial charge in [0.25, 0.3) is 0 Å². The summed E-state index contributed by atoms with van der Waals surface area (Å²) in [6.45, 7) is 0. The number of aromatic amines is 1. The molecule has 0 aliphatic heterocycles. The van der Waals surface area contributed by atoms with Crippen LogP contribution in [0.4, 0.5) is 37.8 Å². The van der Waals surface area contributed by atoms with Gasteiger partial charge >= 0.3 is 29.4 Å². The van der Waals surface area contributed by atoms with Gasteiger partial charge in [-0.3, -0.25) is 10.1 Å². The zero-order valence-electron chi connectivity index (χ0n) is 9.20. The van der Waals surface area contributed by atoms with Crippen molar-refractivity contribution in [2.45, 2.75) is 12.4 Å². The first kappa shape index (κ1) is 16.4. The maximum Gasteiger partial charge on any atom is 0.425 e. The lowest BCUT2D eigenvalue weighted by Gasteiger charge is -2.14. The van der Waals surface area contributed by atoms with Gasteiger partial charge in [0.15, 0.2) is 11.1 Å². The van der Waals surface area contributed by atoms with Crippen LogP contribution < -0.4 is 5.56 Å². The SMILES string of the molecule is O=c1[nH]c([N+](=O)[O-])c(C(F)(F)F)c(C(F)(F)F)c1[N+](=O)[O-]. The molecule has 1 N–H and O–H groups in total. The molecule has 0 bridgehead atoms. The Morgan fingerprint density at radius 2 is 1.29 bits per heavy atom. The van der Waals surface area contributed by atoms with E-state index < -0.39 is 50.4 Å². The van der Waals surface area contributed by atoms with Gasteiger partial charge in [-0.1, -0.05) is 0 Å². The van der Waals surface area contributed by atoms with Crippen LogP contribution in [-0.4, -0.2) is 14.8 Å². The normalized spacial score (nSPS) is 12.3. The van der Waals surface area contributed by atoms with Crippen molar-refractivity contribution in [3.05, 3.63) is 41.7 Å². The third kappa shape index (κ3) is 2.92. The molecule has 1 aromatic rings. The van der Waals surface area contributed by atoms with Crippen molar-refractivity contribution >= 4 is 11.5 Å². The van der Waals surface area contributed by atoms with Crippen LogP contribution in [0.3, 0.4) is 0 Å². The molecule has 0 fully saturated rings. The summed E-state index contributed by atoms with van der Waals surface area (Å²) in [6, 6.07) is 0. The summed E-state index contributed by atoms with van der Waals surface area (Å²) in [4.78, 5) is 28.7. The van der Waals surface area contributed by atoms with E-state index in [9.17, 15) is 51.4 Å². The first-order valence-electron chi connectivity index (χ1n) is 4.52. The molecule has 0 atom stereocenters. The van der Waals surface area contributed by atoms with Crippen molar-refractivity contribution in [1.29, 1.82) is 0 Å². The number of nitrogens with one attached hydrogen (secondary N) is 1. The number of nitro groups is 2. The topological polar surface area (TPSA) is 119 Å². The van der Waals surface area contributed by atoms with Crippen LogP contribution in [-0.2, 0) is 12.4 Å². The van der Waals surface area contributed by atoms with E-state index in [2.05, 4.69) is 0 Å². The highest BCUT2D eigenvalue weighted by Crippen LogP contribution is 2.46. The molecular formula is C7HF6N3O5. The second-order valence-electron chi connectivity index (χ2n) is 3.41. The quantitative estimate of drug-likeness (QED) is 0.509. The van der Waals surface area contributed by atoms with Gasteiger partial charge in [0.1, 0.15) is 0 Å². The van der Waals surface area contributed by atoms with Crippen LogP contribution in [0, 0.1) is 20.2 Å². The monoisotopic (exact) mass is 321 g/mol. The van der Waals surface area contributed by atoms with Crippen LogP contribution in [0.15, 0.2) is 4.79 Å². The summed E-state index contributed by atoms with van der Waals surface area (Å²) < 4.78 is 75.8. The van der Waals surface area contributed by atoms with Gasteiger partial charge in [-0.05, 0) is 4.92 Å². The molecule has 0 saturated heterocycles. The lowest BCUT2D eigenvalue weighted by Crippen LogP contribution is -2.27. The first-order valence-corrected chi connectivity index (χ1v) is 4.52. The molecule has 0 unspecified atom stereocenters. The fourth-order valence-electron chi connectivity index (χ4n) is 1.44. The van der Waals surface area contributed by atoms with Crippen molar-refractivity contribution < 1.29 is 36.2 Å². The maximum absolute atomic E-state index is 12.6. The lowest BCUT2D eigenvalue weighted by atomic mass is 10.1. The maximum atomic E-state index is 12.6. The number of hydrogen-bond acceptors (Lipinski definition) is 5. The largest absolute Gasteiger partial charge is 0.425 e. The van der Waals surface area contributed by atoms with Gasteiger partial charge in [0, 0.05) is 0 Å². The van der Waals surface area contributed by atoms with E-state index in [4.69, 9.17) is 0 Å². The molecule has 14 heteroatoms. The molecule has 0 aliphatic rings. The third-order valence-electron chi connectivity index (χ3n) is 2.10. The smallest absolute Gasteiger partial charge is 0.358 e. The van der Waals surface area contributed by atoms with Gasteiger partial charge in [0.05, 0.1) is 4.92 Å². The number of rotatable bonds is 2. The Morgan fingerprint density at radius 3 is 1.57 bits per heavy atom.